The van der Waals surface area contributed by atoms with Crippen molar-refractivity contribution >= 4 is 23.5 Å². The highest BCUT2D eigenvalue weighted by Gasteiger charge is 2.13. The van der Waals surface area contributed by atoms with Crippen LogP contribution >= 0.6 is 11.6 Å². The summed E-state index contributed by atoms with van der Waals surface area (Å²) in [5.41, 5.74) is 5.00. The fourth-order valence-electron chi connectivity index (χ4n) is 0.293. The quantitative estimate of drug-likeness (QED) is 0.437. The van der Waals surface area contributed by atoms with E-state index in [0.29, 0.717) is 0 Å². The SMILES string of the molecule is N[C@@H](COC(=O)CCl)C(=O)O. The van der Waals surface area contributed by atoms with Gasteiger partial charge in [0.05, 0.1) is 0 Å². The number of rotatable bonds is 4. The molecule has 5 nitrogen and oxygen atoms in total. The minimum absolute atomic E-state index is 0.299. The summed E-state index contributed by atoms with van der Waals surface area (Å²) in [6.07, 6.45) is 0. The van der Waals surface area contributed by atoms with Crippen molar-refractivity contribution in [2.24, 2.45) is 5.73 Å². The number of hydrogen-bond donors (Lipinski definition) is 2. The first kappa shape index (κ1) is 10.2. The average Bonchev–Trinajstić information content (AvgIpc) is 1.99. The van der Waals surface area contributed by atoms with Gasteiger partial charge in [0.25, 0.3) is 0 Å². The maximum atomic E-state index is 10.3. The fourth-order valence-corrected chi connectivity index (χ4v) is 0.370. The molecule has 0 aromatic rings. The summed E-state index contributed by atoms with van der Waals surface area (Å²) < 4.78 is 4.34. The van der Waals surface area contributed by atoms with Crippen molar-refractivity contribution in [3.8, 4) is 0 Å². The second-order valence-corrected chi connectivity index (χ2v) is 2.03. The normalized spacial score (nSPS) is 12.2. The molecule has 0 unspecified atom stereocenters. The summed E-state index contributed by atoms with van der Waals surface area (Å²) >= 11 is 5.05. The molecule has 0 radical (unpaired) electrons. The van der Waals surface area contributed by atoms with Crippen molar-refractivity contribution in [2.45, 2.75) is 6.04 Å². The zero-order valence-corrected chi connectivity index (χ0v) is 6.37. The van der Waals surface area contributed by atoms with Gasteiger partial charge in [0.15, 0.2) is 0 Å². The van der Waals surface area contributed by atoms with Gasteiger partial charge in [-0.2, -0.15) is 0 Å². The van der Waals surface area contributed by atoms with E-state index in [2.05, 4.69) is 4.74 Å². The highest BCUT2D eigenvalue weighted by Crippen LogP contribution is 1.86. The molecule has 0 rings (SSSR count). The molecule has 0 saturated heterocycles. The van der Waals surface area contributed by atoms with Gasteiger partial charge >= 0.3 is 11.9 Å². The molecule has 0 aromatic carbocycles. The molecule has 64 valence electrons. The summed E-state index contributed by atoms with van der Waals surface area (Å²) in [4.78, 5) is 20.4. The molecule has 6 heteroatoms. The van der Waals surface area contributed by atoms with Gasteiger partial charge in [-0.05, 0) is 0 Å². The Hall–Kier alpha value is -0.810. The molecule has 0 aromatic heterocycles. The van der Waals surface area contributed by atoms with Gasteiger partial charge in [-0.3, -0.25) is 9.59 Å². The molecular weight excluding hydrogens is 174 g/mol. The molecule has 0 aliphatic rings. The number of carboxylic acid groups (broad SMARTS) is 1. The lowest BCUT2D eigenvalue weighted by Gasteiger charge is -2.05. The zero-order chi connectivity index (χ0) is 8.85. The molecule has 11 heavy (non-hydrogen) atoms. The van der Waals surface area contributed by atoms with E-state index < -0.39 is 18.0 Å². The minimum atomic E-state index is -1.22. The second-order valence-electron chi connectivity index (χ2n) is 1.76. The largest absolute Gasteiger partial charge is 0.480 e. The van der Waals surface area contributed by atoms with Crippen molar-refractivity contribution < 1.29 is 19.4 Å². The Morgan fingerprint density at radius 2 is 2.18 bits per heavy atom. The lowest BCUT2D eigenvalue weighted by atomic mass is 10.3. The highest BCUT2D eigenvalue weighted by atomic mass is 35.5. The number of hydrogen-bond acceptors (Lipinski definition) is 4. The van der Waals surface area contributed by atoms with Crippen LogP contribution in [-0.4, -0.2) is 35.6 Å². The lowest BCUT2D eigenvalue weighted by Crippen LogP contribution is -2.35. The minimum Gasteiger partial charge on any atom is -0.480 e. The predicted molar refractivity (Wildman–Crippen MR) is 37.3 cm³/mol. The van der Waals surface area contributed by atoms with Crippen LogP contribution in [-0.2, 0) is 14.3 Å². The smallest absolute Gasteiger partial charge is 0.324 e. The topological polar surface area (TPSA) is 89.6 Å². The molecule has 0 aliphatic heterocycles. The van der Waals surface area contributed by atoms with Crippen molar-refractivity contribution in [3.05, 3.63) is 0 Å². The van der Waals surface area contributed by atoms with Crippen LogP contribution in [0.2, 0.25) is 0 Å². The van der Waals surface area contributed by atoms with Gasteiger partial charge in [-0.15, -0.1) is 11.6 Å². The van der Waals surface area contributed by atoms with Gasteiger partial charge in [0, 0.05) is 0 Å². The van der Waals surface area contributed by atoms with E-state index >= 15 is 0 Å². The van der Waals surface area contributed by atoms with E-state index in [-0.39, 0.29) is 12.5 Å². The predicted octanol–water partition coefficient (Wildman–Crippen LogP) is -0.820. The van der Waals surface area contributed by atoms with E-state index in [0.717, 1.165) is 0 Å². The monoisotopic (exact) mass is 181 g/mol. The van der Waals surface area contributed by atoms with Crippen LogP contribution in [0.15, 0.2) is 0 Å². The van der Waals surface area contributed by atoms with Crippen LogP contribution in [0.4, 0.5) is 0 Å². The fraction of sp³-hybridized carbons (Fsp3) is 0.600. The molecule has 0 heterocycles. The summed E-state index contributed by atoms with van der Waals surface area (Å²) in [7, 11) is 0. The van der Waals surface area contributed by atoms with Gasteiger partial charge in [-0.1, -0.05) is 0 Å². The Bertz CT molecular complexity index is 161. The van der Waals surface area contributed by atoms with Crippen LogP contribution in [0.1, 0.15) is 0 Å². The third-order valence-electron chi connectivity index (χ3n) is 0.850. The third kappa shape index (κ3) is 4.58. The van der Waals surface area contributed by atoms with Crippen LogP contribution in [0.5, 0.6) is 0 Å². The number of ether oxygens (including phenoxy) is 1. The first-order valence-corrected chi connectivity index (χ1v) is 3.31. The highest BCUT2D eigenvalue weighted by molar-refractivity contribution is 6.26. The maximum Gasteiger partial charge on any atom is 0.324 e. The molecule has 0 saturated carbocycles. The Kier molecular flexibility index (Phi) is 4.56. The molecule has 0 amide bonds. The molecule has 3 N–H and O–H groups in total. The number of aliphatic carboxylic acids is 1. The number of carboxylic acids is 1. The summed E-state index contributed by atoms with van der Waals surface area (Å²) in [6.45, 7) is -0.346. The molecule has 1 atom stereocenters. The van der Waals surface area contributed by atoms with Crippen LogP contribution < -0.4 is 5.73 Å². The van der Waals surface area contributed by atoms with E-state index in [1.165, 1.54) is 0 Å². The summed E-state index contributed by atoms with van der Waals surface area (Å²) in [6, 6.07) is -1.18. The number of halogens is 1. The van der Waals surface area contributed by atoms with Crippen molar-refractivity contribution in [2.75, 3.05) is 12.5 Å². The first-order chi connectivity index (χ1) is 5.07. The van der Waals surface area contributed by atoms with Gasteiger partial charge in [0.2, 0.25) is 0 Å². The zero-order valence-electron chi connectivity index (χ0n) is 5.62. The van der Waals surface area contributed by atoms with Crippen molar-refractivity contribution in [3.63, 3.8) is 0 Å². The lowest BCUT2D eigenvalue weighted by molar-refractivity contribution is -0.145. The Morgan fingerprint density at radius 3 is 2.55 bits per heavy atom. The molecular formula is C5H8ClNO4. The van der Waals surface area contributed by atoms with Crippen molar-refractivity contribution in [1.82, 2.24) is 0 Å². The van der Waals surface area contributed by atoms with Crippen LogP contribution in [0.25, 0.3) is 0 Å². The van der Waals surface area contributed by atoms with Crippen LogP contribution in [0.3, 0.4) is 0 Å². The van der Waals surface area contributed by atoms with Crippen LogP contribution in [0, 0.1) is 0 Å². The standard InChI is InChI=1S/C5H8ClNO4/c6-1-4(8)11-2-3(7)5(9)10/h3H,1-2,7H2,(H,9,10)/t3-/m0/s1. The molecule has 0 fully saturated rings. The number of nitrogens with two attached hydrogens (primary N) is 1. The molecule has 0 spiro atoms. The number of carbonyl (C=O) groups is 2. The van der Waals surface area contributed by atoms with E-state index in [1.807, 2.05) is 0 Å². The molecule has 0 bridgehead atoms. The van der Waals surface area contributed by atoms with E-state index in [9.17, 15) is 9.59 Å². The Morgan fingerprint density at radius 1 is 1.64 bits per heavy atom. The molecule has 0 aliphatic carbocycles. The average molecular weight is 182 g/mol. The number of carbonyl (C=O) groups excluding carboxylic acids is 1. The second kappa shape index (κ2) is 4.92. The van der Waals surface area contributed by atoms with Gasteiger partial charge in [-0.25, -0.2) is 0 Å². The van der Waals surface area contributed by atoms with E-state index in [4.69, 9.17) is 22.4 Å². The van der Waals surface area contributed by atoms with E-state index in [1.54, 1.807) is 0 Å². The van der Waals surface area contributed by atoms with Gasteiger partial charge in [0.1, 0.15) is 18.5 Å². The third-order valence-corrected chi connectivity index (χ3v) is 1.07. The summed E-state index contributed by atoms with van der Waals surface area (Å²) in [5, 5.41) is 8.22. The number of alkyl halides is 1. The Labute approximate surface area is 68.1 Å². The maximum absolute atomic E-state index is 10.3. The summed E-state index contributed by atoms with van der Waals surface area (Å²) in [5.74, 6) is -2.19. The first-order valence-electron chi connectivity index (χ1n) is 2.78. The van der Waals surface area contributed by atoms with Gasteiger partial charge < -0.3 is 15.6 Å². The Balaban J connectivity index is 3.54. The number of esters is 1. The van der Waals surface area contributed by atoms with Crippen molar-refractivity contribution in [1.29, 1.82) is 0 Å².